The number of rotatable bonds is 4. The van der Waals surface area contributed by atoms with Crippen LogP contribution in [0.3, 0.4) is 0 Å². The minimum atomic E-state index is -0.953. The Morgan fingerprint density at radius 2 is 2.05 bits per heavy atom. The first-order valence-corrected chi connectivity index (χ1v) is 6.05. The quantitative estimate of drug-likeness (QED) is 0.494. The Balaban J connectivity index is 2.40. The highest BCUT2D eigenvalue weighted by Crippen LogP contribution is 2.26. The number of halogens is 2. The van der Waals surface area contributed by atoms with E-state index in [0.29, 0.717) is 6.07 Å². The summed E-state index contributed by atoms with van der Waals surface area (Å²) in [7, 11) is 0. The summed E-state index contributed by atoms with van der Waals surface area (Å²) >= 11 is 0. The second kappa shape index (κ2) is 6.17. The number of aromatic nitrogens is 1. The van der Waals surface area contributed by atoms with Crippen molar-refractivity contribution in [2.45, 2.75) is 6.92 Å². The minimum absolute atomic E-state index is 0.0675. The van der Waals surface area contributed by atoms with Crippen LogP contribution in [-0.2, 0) is 4.74 Å². The molecule has 0 fully saturated rings. The van der Waals surface area contributed by atoms with Crippen LogP contribution in [0.5, 0.6) is 11.5 Å². The van der Waals surface area contributed by atoms with E-state index < -0.39 is 23.3 Å². The van der Waals surface area contributed by atoms with Gasteiger partial charge >= 0.3 is 11.7 Å². The van der Waals surface area contributed by atoms with Crippen LogP contribution in [0.25, 0.3) is 0 Å². The lowest BCUT2D eigenvalue weighted by Crippen LogP contribution is -2.35. The first-order valence-electron chi connectivity index (χ1n) is 6.05. The van der Waals surface area contributed by atoms with Gasteiger partial charge in [-0.15, -0.1) is 0 Å². The molecule has 0 spiro atoms. The predicted molar refractivity (Wildman–Crippen MR) is 67.8 cm³/mol. The van der Waals surface area contributed by atoms with Gasteiger partial charge in [-0.1, -0.05) is 0 Å². The van der Waals surface area contributed by atoms with Gasteiger partial charge in [-0.05, 0) is 25.1 Å². The molecule has 2 aromatic rings. The lowest BCUT2D eigenvalue weighted by molar-refractivity contribution is -0.608. The smallest absolute Gasteiger partial charge is 0.409 e. The van der Waals surface area contributed by atoms with Crippen molar-refractivity contribution in [3.05, 3.63) is 59.1 Å². The molecule has 0 N–H and O–H groups in total. The highest BCUT2D eigenvalue weighted by molar-refractivity contribution is 5.88. The highest BCUT2D eigenvalue weighted by atomic mass is 19.1. The van der Waals surface area contributed by atoms with E-state index in [1.165, 1.54) is 12.1 Å². The van der Waals surface area contributed by atoms with Crippen LogP contribution in [0.1, 0.15) is 17.4 Å². The molecule has 0 aliphatic carbocycles. The molecule has 1 aromatic carbocycles. The average molecular weight is 295 g/mol. The molecule has 21 heavy (non-hydrogen) atoms. The van der Waals surface area contributed by atoms with E-state index in [1.807, 2.05) is 0 Å². The summed E-state index contributed by atoms with van der Waals surface area (Å²) in [4.78, 5) is 11.7. The van der Waals surface area contributed by atoms with Crippen LogP contribution in [-0.4, -0.2) is 12.6 Å². The molecule has 0 radical (unpaired) electrons. The van der Waals surface area contributed by atoms with Gasteiger partial charge in [-0.25, -0.2) is 13.6 Å². The van der Waals surface area contributed by atoms with E-state index in [4.69, 9.17) is 9.47 Å². The Bertz CT molecular complexity index is 676. The van der Waals surface area contributed by atoms with E-state index in [1.54, 1.807) is 6.92 Å². The van der Waals surface area contributed by atoms with Gasteiger partial charge in [-0.2, -0.15) is 4.73 Å². The number of hydrogen-bond donors (Lipinski definition) is 0. The van der Waals surface area contributed by atoms with Crippen molar-refractivity contribution in [1.82, 2.24) is 0 Å². The summed E-state index contributed by atoms with van der Waals surface area (Å²) in [5, 5.41) is 11.7. The summed E-state index contributed by atoms with van der Waals surface area (Å²) in [6.45, 7) is 1.65. The van der Waals surface area contributed by atoms with E-state index in [2.05, 4.69) is 0 Å². The van der Waals surface area contributed by atoms with Gasteiger partial charge in [0.2, 0.25) is 5.75 Å². The van der Waals surface area contributed by atoms with Crippen LogP contribution in [0.2, 0.25) is 0 Å². The fraction of sp³-hybridized carbons (Fsp3) is 0.143. The standard InChI is InChI=1S/C14H11F2NO4/c1-2-20-14(18)13-12(4-3-7-17(13)19)21-11-6-5-9(15)8-10(11)16/h3-8H,2H2,1H3. The van der Waals surface area contributed by atoms with Crippen LogP contribution in [0.4, 0.5) is 8.78 Å². The number of carbonyl (C=O) groups is 1. The molecule has 0 bridgehead atoms. The summed E-state index contributed by atoms with van der Waals surface area (Å²) in [5.41, 5.74) is -0.414. The SMILES string of the molecule is CCOC(=O)c1c(Oc2ccc(F)cc2F)ccc[n+]1[O-]. The molecule has 0 amide bonds. The Morgan fingerprint density at radius 3 is 2.71 bits per heavy atom. The van der Waals surface area contributed by atoms with Crippen LogP contribution in [0, 0.1) is 16.8 Å². The summed E-state index contributed by atoms with van der Waals surface area (Å²) < 4.78 is 36.6. The number of hydrogen-bond acceptors (Lipinski definition) is 4. The molecule has 1 heterocycles. The third-order valence-corrected chi connectivity index (χ3v) is 2.51. The fourth-order valence-corrected chi connectivity index (χ4v) is 1.62. The number of esters is 1. The highest BCUT2D eigenvalue weighted by Gasteiger charge is 2.25. The second-order valence-corrected chi connectivity index (χ2v) is 3.94. The summed E-state index contributed by atoms with van der Waals surface area (Å²) in [5.74, 6) is -3.11. The van der Waals surface area contributed by atoms with Crippen molar-refractivity contribution in [2.24, 2.45) is 0 Å². The predicted octanol–water partition coefficient (Wildman–Crippen LogP) is 2.57. The van der Waals surface area contributed by atoms with Gasteiger partial charge < -0.3 is 14.7 Å². The van der Waals surface area contributed by atoms with Gasteiger partial charge in [-0.3, -0.25) is 0 Å². The maximum Gasteiger partial charge on any atom is 0.409 e. The van der Waals surface area contributed by atoms with Gasteiger partial charge in [0.1, 0.15) is 5.82 Å². The Kier molecular flexibility index (Phi) is 4.32. The zero-order chi connectivity index (χ0) is 15.4. The third kappa shape index (κ3) is 3.25. The van der Waals surface area contributed by atoms with E-state index >= 15 is 0 Å². The van der Waals surface area contributed by atoms with Crippen LogP contribution >= 0.6 is 0 Å². The van der Waals surface area contributed by atoms with Crippen molar-refractivity contribution in [2.75, 3.05) is 6.61 Å². The molecule has 1 aromatic heterocycles. The lowest BCUT2D eigenvalue weighted by Gasteiger charge is -2.10. The molecule has 0 saturated heterocycles. The van der Waals surface area contributed by atoms with Crippen molar-refractivity contribution >= 4 is 5.97 Å². The molecule has 0 atom stereocenters. The number of benzene rings is 1. The fourth-order valence-electron chi connectivity index (χ4n) is 1.62. The van der Waals surface area contributed by atoms with Gasteiger partial charge in [0.25, 0.3) is 0 Å². The number of pyridine rings is 1. The monoisotopic (exact) mass is 295 g/mol. The Labute approximate surface area is 118 Å². The topological polar surface area (TPSA) is 62.5 Å². The summed E-state index contributed by atoms with van der Waals surface area (Å²) in [6.07, 6.45) is 1.08. The minimum Gasteiger partial charge on any atom is -0.618 e. The van der Waals surface area contributed by atoms with Gasteiger partial charge in [0, 0.05) is 12.1 Å². The maximum absolute atomic E-state index is 13.6. The zero-order valence-corrected chi connectivity index (χ0v) is 11.0. The molecule has 110 valence electrons. The molecular formula is C14H11F2NO4. The van der Waals surface area contributed by atoms with Crippen molar-refractivity contribution in [3.8, 4) is 11.5 Å². The van der Waals surface area contributed by atoms with Crippen molar-refractivity contribution < 1.29 is 27.8 Å². The molecule has 5 nitrogen and oxygen atoms in total. The summed E-state index contributed by atoms with van der Waals surface area (Å²) in [6, 6.07) is 5.32. The van der Waals surface area contributed by atoms with E-state index in [0.717, 1.165) is 18.3 Å². The number of carbonyl (C=O) groups excluding carboxylic acids is 1. The van der Waals surface area contributed by atoms with Crippen molar-refractivity contribution in [3.63, 3.8) is 0 Å². The normalized spacial score (nSPS) is 10.2. The molecule has 2 rings (SSSR count). The van der Waals surface area contributed by atoms with Gasteiger partial charge in [0.05, 0.1) is 6.61 Å². The second-order valence-electron chi connectivity index (χ2n) is 3.94. The molecule has 0 aliphatic rings. The molecule has 0 unspecified atom stereocenters. The molecule has 0 saturated carbocycles. The third-order valence-electron chi connectivity index (χ3n) is 2.51. The zero-order valence-electron chi connectivity index (χ0n) is 11.0. The molecule has 7 heteroatoms. The first-order chi connectivity index (χ1) is 10.0. The van der Waals surface area contributed by atoms with E-state index in [-0.39, 0.29) is 22.8 Å². The number of nitrogens with zero attached hydrogens (tertiary/aromatic N) is 1. The van der Waals surface area contributed by atoms with E-state index in [9.17, 15) is 18.8 Å². The van der Waals surface area contributed by atoms with Crippen molar-refractivity contribution in [1.29, 1.82) is 0 Å². The van der Waals surface area contributed by atoms with Crippen LogP contribution < -0.4 is 9.47 Å². The maximum atomic E-state index is 13.6. The average Bonchev–Trinajstić information content (AvgIpc) is 2.42. The first kappa shape index (κ1) is 14.7. The van der Waals surface area contributed by atoms with Gasteiger partial charge in [0.15, 0.2) is 17.8 Å². The lowest BCUT2D eigenvalue weighted by atomic mass is 10.3. The largest absolute Gasteiger partial charge is 0.618 e. The molecular weight excluding hydrogens is 284 g/mol. The Hall–Kier alpha value is -2.70. The van der Waals surface area contributed by atoms with Crippen LogP contribution in [0.15, 0.2) is 36.5 Å². The Morgan fingerprint density at radius 1 is 1.29 bits per heavy atom. The molecule has 0 aliphatic heterocycles. The number of ether oxygens (including phenoxy) is 2.